The van der Waals surface area contributed by atoms with Gasteiger partial charge in [-0.3, -0.25) is 0 Å². The van der Waals surface area contributed by atoms with Gasteiger partial charge >= 0.3 is 0 Å². The molecule has 0 spiro atoms. The zero-order valence-electron chi connectivity index (χ0n) is 8.86. The van der Waals surface area contributed by atoms with Gasteiger partial charge in [-0.25, -0.2) is 4.98 Å². The van der Waals surface area contributed by atoms with Crippen molar-refractivity contribution in [1.82, 2.24) is 4.98 Å². The zero-order valence-corrected chi connectivity index (χ0v) is 10.6. The zero-order chi connectivity index (χ0) is 11.6. The highest BCUT2D eigenvalue weighted by Gasteiger charge is 2.09. The first kappa shape index (κ1) is 12.0. The molecule has 0 aliphatic carbocycles. The third-order valence-electron chi connectivity index (χ3n) is 1.53. The minimum atomic E-state index is -1.48. The lowest BCUT2D eigenvalue weighted by Crippen LogP contribution is -2.16. The fourth-order valence-corrected chi connectivity index (χ4v) is 1.50. The lowest BCUT2D eigenvalue weighted by molar-refractivity contribution is 0.586. The van der Waals surface area contributed by atoms with Crippen LogP contribution in [0.2, 0.25) is 24.7 Å². The molecule has 0 aliphatic rings. The lowest BCUT2D eigenvalue weighted by Gasteiger charge is -2.04. The van der Waals surface area contributed by atoms with Gasteiger partial charge in [-0.1, -0.05) is 37.2 Å². The van der Waals surface area contributed by atoms with Gasteiger partial charge < -0.3 is 5.73 Å². The molecule has 0 atom stereocenters. The molecule has 2 N–H and O–H groups in total. The normalized spacial score (nSPS) is 10.7. The summed E-state index contributed by atoms with van der Waals surface area (Å²) in [6.45, 7) is 6.32. The predicted molar refractivity (Wildman–Crippen MR) is 63.8 cm³/mol. The van der Waals surface area contributed by atoms with Crippen molar-refractivity contribution in [2.75, 3.05) is 5.73 Å². The molecule has 15 heavy (non-hydrogen) atoms. The molecule has 0 aromatic carbocycles. The van der Waals surface area contributed by atoms with Crippen molar-refractivity contribution in [2.24, 2.45) is 0 Å². The Morgan fingerprint density at radius 3 is 2.60 bits per heavy atom. The standard InChI is InChI=1S/C10H12ClFN2Si/c1-15(2,3)5-4-7-6-8(11)9(12)14-10(7)13/h6H,1-3H3,(H2,13,14). The van der Waals surface area contributed by atoms with Crippen molar-refractivity contribution >= 4 is 25.5 Å². The van der Waals surface area contributed by atoms with Crippen molar-refractivity contribution in [2.45, 2.75) is 19.6 Å². The first-order valence-electron chi connectivity index (χ1n) is 4.44. The van der Waals surface area contributed by atoms with Crippen LogP contribution in [0.25, 0.3) is 0 Å². The third kappa shape index (κ3) is 3.54. The van der Waals surface area contributed by atoms with Gasteiger partial charge in [-0.15, -0.1) is 5.54 Å². The Balaban J connectivity index is 3.15. The van der Waals surface area contributed by atoms with Gasteiger partial charge in [0.1, 0.15) is 13.9 Å². The molecule has 0 saturated heterocycles. The highest BCUT2D eigenvalue weighted by molar-refractivity contribution is 6.83. The van der Waals surface area contributed by atoms with E-state index in [0.717, 1.165) is 0 Å². The van der Waals surface area contributed by atoms with E-state index in [9.17, 15) is 4.39 Å². The van der Waals surface area contributed by atoms with E-state index in [1.165, 1.54) is 6.07 Å². The Morgan fingerprint density at radius 2 is 2.07 bits per heavy atom. The van der Waals surface area contributed by atoms with Crippen molar-refractivity contribution < 1.29 is 4.39 Å². The Labute approximate surface area is 94.7 Å². The van der Waals surface area contributed by atoms with Crippen LogP contribution in [0.15, 0.2) is 6.07 Å². The summed E-state index contributed by atoms with van der Waals surface area (Å²) in [7, 11) is -1.48. The molecule has 0 amide bonds. The van der Waals surface area contributed by atoms with Crippen molar-refractivity contribution in [1.29, 1.82) is 0 Å². The van der Waals surface area contributed by atoms with Crippen molar-refractivity contribution in [3.8, 4) is 11.5 Å². The van der Waals surface area contributed by atoms with Gasteiger partial charge in [0, 0.05) is 0 Å². The third-order valence-corrected chi connectivity index (χ3v) is 2.67. The van der Waals surface area contributed by atoms with Gasteiger partial charge in [0.2, 0.25) is 5.95 Å². The van der Waals surface area contributed by atoms with Crippen molar-refractivity contribution in [3.05, 3.63) is 22.6 Å². The van der Waals surface area contributed by atoms with Crippen LogP contribution in [-0.4, -0.2) is 13.1 Å². The molecule has 1 aromatic heterocycles. The Bertz CT molecular complexity index is 443. The van der Waals surface area contributed by atoms with E-state index in [1.807, 2.05) is 0 Å². The number of hydrogen-bond donors (Lipinski definition) is 1. The molecule has 1 heterocycles. The lowest BCUT2D eigenvalue weighted by atomic mass is 10.3. The quantitative estimate of drug-likeness (QED) is 0.432. The fraction of sp³-hybridized carbons (Fsp3) is 0.300. The molecular weight excluding hydrogens is 231 g/mol. The SMILES string of the molecule is C[Si](C)(C)C#Cc1cc(Cl)c(F)nc1N. The predicted octanol–water partition coefficient (Wildman–Crippen LogP) is 2.69. The van der Waals surface area contributed by atoms with Crippen molar-refractivity contribution in [3.63, 3.8) is 0 Å². The maximum atomic E-state index is 12.9. The second-order valence-electron chi connectivity index (χ2n) is 4.19. The highest BCUT2D eigenvalue weighted by Crippen LogP contribution is 2.17. The average molecular weight is 243 g/mol. The molecule has 1 rings (SSSR count). The summed E-state index contributed by atoms with van der Waals surface area (Å²) in [6.07, 6.45) is 0. The summed E-state index contributed by atoms with van der Waals surface area (Å²) in [5, 5.41) is -0.0518. The molecule has 0 saturated carbocycles. The van der Waals surface area contributed by atoms with Gasteiger partial charge in [0.05, 0.1) is 10.6 Å². The smallest absolute Gasteiger partial charge is 0.233 e. The number of nitrogen functional groups attached to an aromatic ring is 1. The topological polar surface area (TPSA) is 38.9 Å². The van der Waals surface area contributed by atoms with E-state index in [4.69, 9.17) is 17.3 Å². The molecule has 0 unspecified atom stereocenters. The van der Waals surface area contributed by atoms with Crippen LogP contribution in [0.1, 0.15) is 5.56 Å². The minimum absolute atomic E-state index is 0.0518. The van der Waals surface area contributed by atoms with Gasteiger partial charge in [0.15, 0.2) is 0 Å². The molecule has 0 bridgehead atoms. The summed E-state index contributed by atoms with van der Waals surface area (Å²) >= 11 is 5.59. The molecule has 0 fully saturated rings. The first-order valence-corrected chi connectivity index (χ1v) is 8.32. The van der Waals surface area contributed by atoms with Gasteiger partial charge in [-0.2, -0.15) is 4.39 Å². The monoisotopic (exact) mass is 242 g/mol. The molecule has 0 aliphatic heterocycles. The average Bonchev–Trinajstić information content (AvgIpc) is 2.07. The Morgan fingerprint density at radius 1 is 1.47 bits per heavy atom. The van der Waals surface area contributed by atoms with Crippen LogP contribution in [-0.2, 0) is 0 Å². The van der Waals surface area contributed by atoms with E-state index in [2.05, 4.69) is 36.1 Å². The summed E-state index contributed by atoms with van der Waals surface area (Å²) in [4.78, 5) is 3.47. The van der Waals surface area contributed by atoms with E-state index in [0.29, 0.717) is 5.56 Å². The van der Waals surface area contributed by atoms with Crippen LogP contribution < -0.4 is 5.73 Å². The van der Waals surface area contributed by atoms with E-state index >= 15 is 0 Å². The largest absolute Gasteiger partial charge is 0.383 e. The molecule has 80 valence electrons. The maximum absolute atomic E-state index is 12.9. The van der Waals surface area contributed by atoms with E-state index < -0.39 is 14.0 Å². The van der Waals surface area contributed by atoms with Crippen LogP contribution >= 0.6 is 11.6 Å². The maximum Gasteiger partial charge on any atom is 0.233 e. The molecule has 2 nitrogen and oxygen atoms in total. The van der Waals surface area contributed by atoms with E-state index in [-0.39, 0.29) is 10.8 Å². The number of anilines is 1. The molecule has 1 aromatic rings. The molecular formula is C10H12ClFN2Si. The fourth-order valence-electron chi connectivity index (χ4n) is 0.835. The van der Waals surface area contributed by atoms with Gasteiger partial charge in [-0.05, 0) is 6.07 Å². The summed E-state index contributed by atoms with van der Waals surface area (Å²) < 4.78 is 12.9. The number of nitrogens with zero attached hydrogens (tertiary/aromatic N) is 1. The first-order chi connectivity index (χ1) is 6.79. The number of halogens is 2. The van der Waals surface area contributed by atoms with Crippen LogP contribution in [0.5, 0.6) is 0 Å². The number of aromatic nitrogens is 1. The number of hydrogen-bond acceptors (Lipinski definition) is 2. The second-order valence-corrected chi connectivity index (χ2v) is 9.35. The summed E-state index contributed by atoms with van der Waals surface area (Å²) in [5.74, 6) is 2.22. The Kier molecular flexibility index (Phi) is 3.37. The number of rotatable bonds is 0. The van der Waals surface area contributed by atoms with E-state index in [1.54, 1.807) is 0 Å². The summed E-state index contributed by atoms with van der Waals surface area (Å²) in [6, 6.07) is 1.41. The minimum Gasteiger partial charge on any atom is -0.383 e. The highest BCUT2D eigenvalue weighted by atomic mass is 35.5. The molecule has 5 heteroatoms. The number of nitrogens with two attached hydrogens (primary N) is 1. The van der Waals surface area contributed by atoms with Gasteiger partial charge in [0.25, 0.3) is 0 Å². The van der Waals surface area contributed by atoms with Crippen LogP contribution in [0.3, 0.4) is 0 Å². The summed E-state index contributed by atoms with van der Waals surface area (Å²) in [5.41, 5.74) is 9.13. The molecule has 0 radical (unpaired) electrons. The number of pyridine rings is 1. The Hall–Kier alpha value is -1.05. The van der Waals surface area contributed by atoms with Crippen LogP contribution in [0.4, 0.5) is 10.2 Å². The van der Waals surface area contributed by atoms with Crippen LogP contribution in [0, 0.1) is 17.4 Å². The second kappa shape index (κ2) is 4.21.